The molecule has 3 heteroatoms. The maximum absolute atomic E-state index is 7.52. The number of fused-ring (bicyclic) bond motifs is 9. The molecule has 2 heterocycles. The monoisotopic (exact) mass is 344 g/mol. The van der Waals surface area contributed by atoms with Crippen LogP contribution in [0.4, 0.5) is 5.69 Å². The van der Waals surface area contributed by atoms with Gasteiger partial charge in [-0.2, -0.15) is 0 Å². The third kappa shape index (κ3) is 1.82. The Labute approximate surface area is 154 Å². The van der Waals surface area contributed by atoms with Gasteiger partial charge in [-0.05, 0) is 40.4 Å². The van der Waals surface area contributed by atoms with E-state index in [0.717, 1.165) is 54.4 Å². The number of aromatic nitrogens is 1. The van der Waals surface area contributed by atoms with Gasteiger partial charge in [0.1, 0.15) is 11.2 Å². The number of benzene rings is 4. The van der Waals surface area contributed by atoms with Gasteiger partial charge in [-0.25, -0.2) is 4.85 Å². The molecule has 0 spiro atoms. The summed E-state index contributed by atoms with van der Waals surface area (Å²) < 4.78 is 6.11. The zero-order valence-electron chi connectivity index (χ0n) is 14.2. The molecule has 124 valence electrons. The Morgan fingerprint density at radius 1 is 0.704 bits per heavy atom. The summed E-state index contributed by atoms with van der Waals surface area (Å²) in [5, 5.41) is 7.54. The molecule has 0 N–H and O–H groups in total. The Balaban J connectivity index is 1.95. The highest BCUT2D eigenvalue weighted by molar-refractivity contribution is 6.27. The van der Waals surface area contributed by atoms with E-state index in [1.165, 1.54) is 0 Å². The van der Waals surface area contributed by atoms with Crippen molar-refractivity contribution >= 4 is 60.1 Å². The van der Waals surface area contributed by atoms with Gasteiger partial charge in [-0.3, -0.25) is 4.98 Å². The number of furan rings is 1. The van der Waals surface area contributed by atoms with E-state index in [9.17, 15) is 0 Å². The van der Waals surface area contributed by atoms with Crippen LogP contribution in [0, 0.1) is 6.57 Å². The van der Waals surface area contributed by atoms with Crippen molar-refractivity contribution in [1.29, 1.82) is 0 Å². The van der Waals surface area contributed by atoms with Crippen LogP contribution in [-0.2, 0) is 0 Å². The van der Waals surface area contributed by atoms with E-state index in [1.54, 1.807) is 0 Å². The molecule has 0 unspecified atom stereocenters. The fourth-order valence-corrected chi connectivity index (χ4v) is 4.15. The van der Waals surface area contributed by atoms with E-state index in [1.807, 2.05) is 36.5 Å². The summed E-state index contributed by atoms with van der Waals surface area (Å²) in [7, 11) is 0. The van der Waals surface area contributed by atoms with Gasteiger partial charge in [0.05, 0.1) is 12.1 Å². The summed E-state index contributed by atoms with van der Waals surface area (Å²) in [6.07, 6.45) is 1.84. The van der Waals surface area contributed by atoms with Crippen LogP contribution in [0.5, 0.6) is 0 Å². The molecule has 3 nitrogen and oxygen atoms in total. The molecule has 0 atom stereocenters. The molecular weight excluding hydrogens is 332 g/mol. The minimum absolute atomic E-state index is 0.619. The third-order valence-electron chi connectivity index (χ3n) is 5.30. The highest BCUT2D eigenvalue weighted by Crippen LogP contribution is 2.41. The van der Waals surface area contributed by atoms with Crippen molar-refractivity contribution < 1.29 is 4.42 Å². The average Bonchev–Trinajstić information content (AvgIpc) is 3.10. The minimum atomic E-state index is 0.619. The van der Waals surface area contributed by atoms with Crippen LogP contribution >= 0.6 is 0 Å². The van der Waals surface area contributed by atoms with Gasteiger partial charge in [-0.1, -0.05) is 42.5 Å². The summed E-state index contributed by atoms with van der Waals surface area (Å²) in [5.74, 6) is 0. The van der Waals surface area contributed by atoms with Crippen molar-refractivity contribution in [2.75, 3.05) is 0 Å². The van der Waals surface area contributed by atoms with Crippen molar-refractivity contribution in [3.05, 3.63) is 84.3 Å². The van der Waals surface area contributed by atoms with Crippen LogP contribution < -0.4 is 0 Å². The van der Waals surface area contributed by atoms with E-state index in [-0.39, 0.29) is 0 Å². The van der Waals surface area contributed by atoms with Crippen molar-refractivity contribution in [3.8, 4) is 0 Å². The average molecular weight is 344 g/mol. The SMILES string of the molecule is [C-]#[N+]c1cccc2oc3cc4c5ccccc5c5ncccc5c4cc3c12. The Morgan fingerprint density at radius 3 is 2.37 bits per heavy atom. The molecule has 0 aliphatic carbocycles. The van der Waals surface area contributed by atoms with Crippen LogP contribution in [0.1, 0.15) is 0 Å². The van der Waals surface area contributed by atoms with E-state index in [0.29, 0.717) is 5.69 Å². The minimum Gasteiger partial charge on any atom is -0.457 e. The molecule has 27 heavy (non-hydrogen) atoms. The van der Waals surface area contributed by atoms with Crippen LogP contribution in [0.25, 0.3) is 59.2 Å². The Kier molecular flexibility index (Phi) is 2.68. The summed E-state index contributed by atoms with van der Waals surface area (Å²) in [4.78, 5) is 8.34. The van der Waals surface area contributed by atoms with Gasteiger partial charge < -0.3 is 4.42 Å². The lowest BCUT2D eigenvalue weighted by atomic mass is 9.95. The number of nitrogens with zero attached hydrogens (tertiary/aromatic N) is 2. The first kappa shape index (κ1) is 14.3. The van der Waals surface area contributed by atoms with Crippen LogP contribution in [0.15, 0.2) is 77.3 Å². The molecule has 0 saturated carbocycles. The highest BCUT2D eigenvalue weighted by atomic mass is 16.3. The van der Waals surface area contributed by atoms with E-state index < -0.39 is 0 Å². The third-order valence-corrected chi connectivity index (χ3v) is 5.30. The van der Waals surface area contributed by atoms with E-state index in [4.69, 9.17) is 11.0 Å². The Hall–Kier alpha value is -3.90. The molecule has 0 amide bonds. The van der Waals surface area contributed by atoms with Crippen LogP contribution in [0.2, 0.25) is 0 Å². The predicted molar refractivity (Wildman–Crippen MR) is 110 cm³/mol. The first-order chi connectivity index (χ1) is 13.3. The van der Waals surface area contributed by atoms with Crippen LogP contribution in [0.3, 0.4) is 0 Å². The van der Waals surface area contributed by atoms with Crippen molar-refractivity contribution in [2.24, 2.45) is 0 Å². The topological polar surface area (TPSA) is 30.4 Å². The second-order valence-electron chi connectivity index (χ2n) is 6.70. The lowest BCUT2D eigenvalue weighted by Gasteiger charge is -2.09. The molecule has 0 radical (unpaired) electrons. The molecular formula is C24H12N2O. The van der Waals surface area contributed by atoms with Crippen molar-refractivity contribution in [2.45, 2.75) is 0 Å². The maximum Gasteiger partial charge on any atom is 0.198 e. The molecule has 0 aliphatic heterocycles. The van der Waals surface area contributed by atoms with Gasteiger partial charge in [0.2, 0.25) is 0 Å². The molecule has 2 aromatic heterocycles. The number of rotatable bonds is 0. The quantitative estimate of drug-likeness (QED) is 0.219. The first-order valence-corrected chi connectivity index (χ1v) is 8.77. The molecule has 0 saturated heterocycles. The largest absolute Gasteiger partial charge is 0.457 e. The van der Waals surface area contributed by atoms with Gasteiger partial charge in [-0.15, -0.1) is 0 Å². The fraction of sp³-hybridized carbons (Fsp3) is 0. The smallest absolute Gasteiger partial charge is 0.198 e. The molecule has 0 bridgehead atoms. The molecule has 6 aromatic rings. The highest BCUT2D eigenvalue weighted by Gasteiger charge is 2.15. The maximum atomic E-state index is 7.52. The summed E-state index contributed by atoms with van der Waals surface area (Å²) >= 11 is 0. The zero-order chi connectivity index (χ0) is 18.0. The number of hydrogen-bond donors (Lipinski definition) is 0. The van der Waals surface area contributed by atoms with Crippen molar-refractivity contribution in [3.63, 3.8) is 0 Å². The molecule has 0 aliphatic rings. The second kappa shape index (κ2) is 5.06. The van der Waals surface area contributed by atoms with Gasteiger partial charge in [0, 0.05) is 27.7 Å². The summed E-state index contributed by atoms with van der Waals surface area (Å²) in [6.45, 7) is 7.52. The van der Waals surface area contributed by atoms with E-state index >= 15 is 0 Å². The standard InChI is InChI=1S/C24H12N2O/c1-25-20-9-4-10-21-23(20)19-12-17-16-8-5-11-26-24(16)15-7-3-2-6-14(15)18(17)13-22(19)27-21/h2-13H. The Morgan fingerprint density at radius 2 is 1.48 bits per heavy atom. The first-order valence-electron chi connectivity index (χ1n) is 8.77. The number of pyridine rings is 1. The van der Waals surface area contributed by atoms with Gasteiger partial charge in [0.25, 0.3) is 0 Å². The van der Waals surface area contributed by atoms with Gasteiger partial charge in [0.15, 0.2) is 5.69 Å². The van der Waals surface area contributed by atoms with Crippen LogP contribution in [-0.4, -0.2) is 4.98 Å². The summed E-state index contributed by atoms with van der Waals surface area (Å²) in [6, 6.07) is 22.3. The Bertz CT molecular complexity index is 1590. The fourth-order valence-electron chi connectivity index (χ4n) is 4.15. The van der Waals surface area contributed by atoms with Gasteiger partial charge >= 0.3 is 0 Å². The zero-order valence-corrected chi connectivity index (χ0v) is 14.2. The van der Waals surface area contributed by atoms with E-state index in [2.05, 4.69) is 46.2 Å². The number of hydrogen-bond acceptors (Lipinski definition) is 2. The molecule has 0 fully saturated rings. The lowest BCUT2D eigenvalue weighted by molar-refractivity contribution is 0.669. The molecule has 6 rings (SSSR count). The van der Waals surface area contributed by atoms with Crippen molar-refractivity contribution in [1.82, 2.24) is 4.98 Å². The molecule has 4 aromatic carbocycles. The summed E-state index contributed by atoms with van der Waals surface area (Å²) in [5.41, 5.74) is 3.18. The normalized spacial score (nSPS) is 11.7. The lowest BCUT2D eigenvalue weighted by Crippen LogP contribution is -1.85. The second-order valence-corrected chi connectivity index (χ2v) is 6.70. The predicted octanol–water partition coefficient (Wildman–Crippen LogP) is 6.99.